The van der Waals surface area contributed by atoms with Gasteiger partial charge in [-0.1, -0.05) is 66.9 Å². The number of amides is 1. The van der Waals surface area contributed by atoms with E-state index in [1.165, 1.54) is 35.1 Å². The second-order valence-electron chi connectivity index (χ2n) is 9.42. The van der Waals surface area contributed by atoms with E-state index in [4.69, 9.17) is 0 Å². The van der Waals surface area contributed by atoms with Crippen molar-refractivity contribution in [3.05, 3.63) is 64.7 Å². The highest BCUT2D eigenvalue weighted by Crippen LogP contribution is 2.32. The van der Waals surface area contributed by atoms with Crippen LogP contribution in [-0.4, -0.2) is 43.1 Å². The van der Waals surface area contributed by atoms with Gasteiger partial charge in [0, 0.05) is 18.7 Å². The van der Waals surface area contributed by atoms with Crippen LogP contribution < -0.4 is 4.90 Å². The zero-order valence-electron chi connectivity index (χ0n) is 20.9. The number of quaternary nitrogens is 1. The largest absolute Gasteiger partial charge is 0.316 e. The van der Waals surface area contributed by atoms with Crippen molar-refractivity contribution in [3.8, 4) is 0 Å². The normalized spacial score (nSPS) is 18.2. The molecule has 2 unspecified atom stereocenters. The maximum absolute atomic E-state index is 13.4. The number of rotatable bonds is 6. The molecular weight excluding hydrogens is 380 g/mol. The summed E-state index contributed by atoms with van der Waals surface area (Å²) in [5, 5.41) is 0. The molecule has 3 nitrogen and oxygen atoms in total. The van der Waals surface area contributed by atoms with Crippen LogP contribution in [0.5, 0.6) is 0 Å². The lowest BCUT2D eigenvalue weighted by atomic mass is 9.96. The number of piperidine rings is 1. The van der Waals surface area contributed by atoms with Crippen molar-refractivity contribution in [2.75, 3.05) is 31.6 Å². The number of nitrogens with zero attached hydrogens (tertiary/aromatic N) is 2. The van der Waals surface area contributed by atoms with Crippen molar-refractivity contribution in [1.82, 2.24) is 0 Å². The van der Waals surface area contributed by atoms with Gasteiger partial charge in [-0.3, -0.25) is 4.79 Å². The fourth-order valence-corrected chi connectivity index (χ4v) is 4.84. The molecule has 0 saturated carbocycles. The molecular formula is C28H43N2O+. The van der Waals surface area contributed by atoms with Crippen LogP contribution in [-0.2, 0) is 4.79 Å². The first-order chi connectivity index (χ1) is 14.7. The Hall–Kier alpha value is -2.13. The molecule has 0 N–H and O–H groups in total. The van der Waals surface area contributed by atoms with Gasteiger partial charge >= 0.3 is 0 Å². The highest BCUT2D eigenvalue weighted by Gasteiger charge is 2.42. The van der Waals surface area contributed by atoms with Crippen molar-refractivity contribution >= 4 is 11.6 Å². The molecule has 2 atom stereocenters. The molecule has 0 radical (unpaired) electrons. The summed E-state index contributed by atoms with van der Waals surface area (Å²) in [5.74, 6) is 0.330. The Morgan fingerprint density at radius 2 is 1.58 bits per heavy atom. The van der Waals surface area contributed by atoms with Gasteiger partial charge in [-0.25, -0.2) is 0 Å². The molecule has 0 spiro atoms. The van der Waals surface area contributed by atoms with Gasteiger partial charge in [-0.15, -0.1) is 0 Å². The lowest BCUT2D eigenvalue weighted by Crippen LogP contribution is -2.62. The molecule has 1 aliphatic heterocycles. The quantitative estimate of drug-likeness (QED) is 0.494. The molecule has 1 aliphatic rings. The van der Waals surface area contributed by atoms with Gasteiger partial charge in [0.1, 0.15) is 0 Å². The highest BCUT2D eigenvalue weighted by molar-refractivity contribution is 5.98. The van der Waals surface area contributed by atoms with Crippen LogP contribution in [0, 0.1) is 27.7 Å². The van der Waals surface area contributed by atoms with Gasteiger partial charge in [0.15, 0.2) is 6.04 Å². The second kappa shape index (κ2) is 11.5. The smallest absolute Gasteiger partial charge is 0.285 e. The maximum atomic E-state index is 13.4. The molecule has 31 heavy (non-hydrogen) atoms. The predicted molar refractivity (Wildman–Crippen MR) is 134 cm³/mol. The van der Waals surface area contributed by atoms with Crippen LogP contribution in [0.4, 0.5) is 5.69 Å². The van der Waals surface area contributed by atoms with E-state index >= 15 is 0 Å². The van der Waals surface area contributed by atoms with Crippen molar-refractivity contribution in [3.63, 3.8) is 0 Å². The van der Waals surface area contributed by atoms with Gasteiger partial charge in [0.25, 0.3) is 5.91 Å². The maximum Gasteiger partial charge on any atom is 0.285 e. The third kappa shape index (κ3) is 6.43. The average Bonchev–Trinajstić information content (AvgIpc) is 2.73. The van der Waals surface area contributed by atoms with Crippen LogP contribution in [0.25, 0.3) is 0 Å². The average molecular weight is 424 g/mol. The molecule has 1 saturated heterocycles. The summed E-state index contributed by atoms with van der Waals surface area (Å²) >= 11 is 0. The number of likely N-dealkylation sites (N-methyl/N-ethyl adjacent to an activating group) is 1. The Morgan fingerprint density at radius 3 is 2.06 bits per heavy atom. The SMILES string of the molecule is CCCC[N+](C)(CC)C1CCCN(c2c(C)cc(C)cc2C)C1=O.Cc1ccccc1. The number of carbonyl (C=O) groups excluding carboxylic acids is 1. The van der Waals surface area contributed by atoms with E-state index in [0.29, 0.717) is 5.91 Å². The van der Waals surface area contributed by atoms with Crippen LogP contribution in [0.15, 0.2) is 42.5 Å². The minimum Gasteiger partial charge on any atom is -0.316 e. The fraction of sp³-hybridized carbons (Fsp3) is 0.536. The molecule has 1 fully saturated rings. The number of hydrogen-bond donors (Lipinski definition) is 0. The number of anilines is 1. The van der Waals surface area contributed by atoms with Crippen LogP contribution in [0.2, 0.25) is 0 Å². The first-order valence-electron chi connectivity index (χ1n) is 12.0. The van der Waals surface area contributed by atoms with Crippen LogP contribution >= 0.6 is 0 Å². The van der Waals surface area contributed by atoms with E-state index in [1.54, 1.807) is 0 Å². The summed E-state index contributed by atoms with van der Waals surface area (Å²) in [5.41, 5.74) is 6.18. The van der Waals surface area contributed by atoms with E-state index in [1.807, 2.05) is 18.2 Å². The summed E-state index contributed by atoms with van der Waals surface area (Å²) in [4.78, 5) is 15.5. The Morgan fingerprint density at radius 1 is 0.968 bits per heavy atom. The number of carbonyl (C=O) groups is 1. The third-order valence-electron chi connectivity index (χ3n) is 6.75. The Kier molecular flexibility index (Phi) is 9.31. The molecule has 3 rings (SSSR count). The Bertz CT molecular complexity index is 822. The molecule has 3 heteroatoms. The first kappa shape index (κ1) is 25.1. The number of unbranched alkanes of at least 4 members (excludes halogenated alkanes) is 1. The molecule has 0 aromatic heterocycles. The van der Waals surface area contributed by atoms with Gasteiger partial charge in [-0.05, 0) is 58.6 Å². The molecule has 2 aromatic rings. The van der Waals surface area contributed by atoms with Gasteiger partial charge in [0.05, 0.1) is 20.1 Å². The summed E-state index contributed by atoms with van der Waals surface area (Å²) in [6.07, 6.45) is 4.50. The third-order valence-corrected chi connectivity index (χ3v) is 6.75. The van der Waals surface area contributed by atoms with E-state index in [2.05, 4.69) is 77.8 Å². The van der Waals surface area contributed by atoms with E-state index in [-0.39, 0.29) is 6.04 Å². The lowest BCUT2D eigenvalue weighted by molar-refractivity contribution is -0.923. The van der Waals surface area contributed by atoms with Crippen molar-refractivity contribution < 1.29 is 9.28 Å². The lowest BCUT2D eigenvalue weighted by Gasteiger charge is -2.45. The molecule has 1 heterocycles. The van der Waals surface area contributed by atoms with E-state index in [0.717, 1.165) is 42.6 Å². The molecule has 0 bridgehead atoms. The van der Waals surface area contributed by atoms with Crippen LogP contribution in [0.1, 0.15) is 61.8 Å². The zero-order valence-corrected chi connectivity index (χ0v) is 20.9. The zero-order chi connectivity index (χ0) is 23.0. The summed E-state index contributed by atoms with van der Waals surface area (Å²) in [6, 6.07) is 14.8. The van der Waals surface area contributed by atoms with E-state index in [9.17, 15) is 4.79 Å². The van der Waals surface area contributed by atoms with Crippen molar-refractivity contribution in [1.29, 1.82) is 0 Å². The fourth-order valence-electron chi connectivity index (χ4n) is 4.84. The molecule has 170 valence electrons. The standard InChI is InChI=1S/C21H35N2O.C7H8/c1-7-9-13-23(6,8-2)19-11-10-12-22(21(19)24)20-17(4)14-16(3)15-18(20)5;1-7-5-3-2-4-6-7/h14-15,19H,7-13H2,1-6H3;2-6H,1H3/q+1;. The van der Waals surface area contributed by atoms with Crippen molar-refractivity contribution in [2.24, 2.45) is 0 Å². The highest BCUT2D eigenvalue weighted by atomic mass is 16.2. The minimum absolute atomic E-state index is 0.107. The summed E-state index contributed by atoms with van der Waals surface area (Å²) < 4.78 is 0.882. The monoisotopic (exact) mass is 423 g/mol. The number of hydrogen-bond acceptors (Lipinski definition) is 1. The molecule has 0 aliphatic carbocycles. The number of benzene rings is 2. The topological polar surface area (TPSA) is 20.3 Å². The molecule has 1 amide bonds. The Balaban J connectivity index is 0.000000412. The van der Waals surface area contributed by atoms with Crippen molar-refractivity contribution in [2.45, 2.75) is 73.3 Å². The van der Waals surface area contributed by atoms with Gasteiger partial charge < -0.3 is 9.38 Å². The van der Waals surface area contributed by atoms with Gasteiger partial charge in [-0.2, -0.15) is 0 Å². The molecule has 2 aromatic carbocycles. The first-order valence-corrected chi connectivity index (χ1v) is 12.0. The van der Waals surface area contributed by atoms with Crippen LogP contribution in [0.3, 0.4) is 0 Å². The Labute approximate surface area is 190 Å². The predicted octanol–water partition coefficient (Wildman–Crippen LogP) is 6.37. The summed E-state index contributed by atoms with van der Waals surface area (Å²) in [7, 11) is 2.27. The van der Waals surface area contributed by atoms with E-state index < -0.39 is 0 Å². The number of aryl methyl sites for hydroxylation is 4. The summed E-state index contributed by atoms with van der Waals surface area (Å²) in [6.45, 7) is 15.9. The van der Waals surface area contributed by atoms with Gasteiger partial charge in [0.2, 0.25) is 0 Å². The second-order valence-corrected chi connectivity index (χ2v) is 9.42. The minimum atomic E-state index is 0.107.